The lowest BCUT2D eigenvalue weighted by atomic mass is 10.2. The molecule has 0 aliphatic carbocycles. The van der Waals surface area contributed by atoms with Crippen molar-refractivity contribution in [1.29, 1.82) is 0 Å². The Morgan fingerprint density at radius 3 is 2.65 bits per heavy atom. The molecule has 0 spiro atoms. The zero-order valence-corrected chi connectivity index (χ0v) is 11.5. The summed E-state index contributed by atoms with van der Waals surface area (Å²) in [5.41, 5.74) is 0.269. The number of nitrogens with one attached hydrogen (secondary N) is 1. The predicted octanol–water partition coefficient (Wildman–Crippen LogP) is 1.05. The van der Waals surface area contributed by atoms with Gasteiger partial charge in [0.1, 0.15) is 11.7 Å². The first-order valence-corrected chi connectivity index (χ1v) is 5.85. The van der Waals surface area contributed by atoms with Gasteiger partial charge in [-0.1, -0.05) is 0 Å². The zero-order valence-electron chi connectivity index (χ0n) is 9.90. The van der Waals surface area contributed by atoms with Crippen LogP contribution in [0.3, 0.4) is 0 Å². The molecule has 17 heavy (non-hydrogen) atoms. The summed E-state index contributed by atoms with van der Waals surface area (Å²) in [6, 6.07) is 2.86. The van der Waals surface area contributed by atoms with Crippen LogP contribution in [0.1, 0.15) is 17.4 Å². The third-order valence-electron chi connectivity index (χ3n) is 2.13. The second-order valence-electron chi connectivity index (χ2n) is 3.76. The van der Waals surface area contributed by atoms with Gasteiger partial charge < -0.3 is 10.2 Å². The molecule has 5 nitrogen and oxygen atoms in total. The van der Waals surface area contributed by atoms with Crippen LogP contribution in [0.4, 0.5) is 0 Å². The minimum Gasteiger partial charge on any atom is -0.347 e. The van der Waals surface area contributed by atoms with Crippen molar-refractivity contribution in [3.05, 3.63) is 28.5 Å². The molecule has 1 aromatic rings. The number of carbonyl (C=O) groups is 2. The van der Waals surface area contributed by atoms with Gasteiger partial charge in [-0.3, -0.25) is 9.59 Å². The van der Waals surface area contributed by atoms with Crippen LogP contribution < -0.4 is 5.32 Å². The van der Waals surface area contributed by atoms with Crippen LogP contribution in [0, 0.1) is 0 Å². The zero-order chi connectivity index (χ0) is 13.0. The lowest BCUT2D eigenvalue weighted by Gasteiger charge is -2.17. The molecule has 1 atom stereocenters. The van der Waals surface area contributed by atoms with Crippen LogP contribution in [-0.2, 0) is 4.79 Å². The first kappa shape index (κ1) is 13.6. The van der Waals surface area contributed by atoms with Crippen LogP contribution >= 0.6 is 15.9 Å². The number of aromatic nitrogens is 1. The highest BCUT2D eigenvalue weighted by atomic mass is 79.9. The molecular formula is C11H14BrN3O2. The number of amides is 2. The van der Waals surface area contributed by atoms with E-state index in [0.29, 0.717) is 4.47 Å². The van der Waals surface area contributed by atoms with Crippen molar-refractivity contribution in [3.63, 3.8) is 0 Å². The van der Waals surface area contributed by atoms with Crippen LogP contribution in [0.25, 0.3) is 0 Å². The highest BCUT2D eigenvalue weighted by Gasteiger charge is 2.19. The fourth-order valence-electron chi connectivity index (χ4n) is 1.27. The third-order valence-corrected chi connectivity index (χ3v) is 2.77. The molecule has 0 radical (unpaired) electrons. The molecule has 2 amide bonds. The van der Waals surface area contributed by atoms with Gasteiger partial charge in [-0.2, -0.15) is 0 Å². The normalized spacial score (nSPS) is 11.8. The van der Waals surface area contributed by atoms with Crippen LogP contribution in [0.2, 0.25) is 0 Å². The van der Waals surface area contributed by atoms with Gasteiger partial charge in [-0.15, -0.1) is 0 Å². The van der Waals surface area contributed by atoms with E-state index in [-0.39, 0.29) is 17.5 Å². The van der Waals surface area contributed by atoms with Gasteiger partial charge in [0.25, 0.3) is 5.91 Å². The van der Waals surface area contributed by atoms with E-state index in [1.807, 2.05) is 0 Å². The average molecular weight is 300 g/mol. The van der Waals surface area contributed by atoms with E-state index in [4.69, 9.17) is 0 Å². The van der Waals surface area contributed by atoms with Crippen LogP contribution in [-0.4, -0.2) is 41.8 Å². The van der Waals surface area contributed by atoms with Gasteiger partial charge in [0.2, 0.25) is 5.91 Å². The molecule has 0 aliphatic heterocycles. The van der Waals surface area contributed by atoms with E-state index in [9.17, 15) is 9.59 Å². The minimum atomic E-state index is -0.577. The van der Waals surface area contributed by atoms with Gasteiger partial charge in [0, 0.05) is 24.8 Å². The van der Waals surface area contributed by atoms with E-state index < -0.39 is 6.04 Å². The molecule has 1 rings (SSSR count). The maximum atomic E-state index is 11.8. The number of hydrogen-bond donors (Lipinski definition) is 1. The summed E-state index contributed by atoms with van der Waals surface area (Å²) in [4.78, 5) is 28.8. The summed E-state index contributed by atoms with van der Waals surface area (Å²) in [5, 5.41) is 2.60. The monoisotopic (exact) mass is 299 g/mol. The van der Waals surface area contributed by atoms with E-state index in [1.165, 1.54) is 11.1 Å². The molecule has 0 saturated carbocycles. The fraction of sp³-hybridized carbons (Fsp3) is 0.364. The predicted molar refractivity (Wildman–Crippen MR) is 67.6 cm³/mol. The summed E-state index contributed by atoms with van der Waals surface area (Å²) in [6.07, 6.45) is 1.53. The second kappa shape index (κ2) is 5.77. The Bertz CT molecular complexity index is 434. The lowest BCUT2D eigenvalue weighted by molar-refractivity contribution is -0.130. The molecule has 1 aromatic heterocycles. The lowest BCUT2D eigenvalue weighted by Crippen LogP contribution is -2.44. The van der Waals surface area contributed by atoms with Gasteiger partial charge >= 0.3 is 0 Å². The highest BCUT2D eigenvalue weighted by molar-refractivity contribution is 9.10. The van der Waals surface area contributed by atoms with Crippen molar-refractivity contribution in [2.45, 2.75) is 13.0 Å². The molecule has 1 heterocycles. The summed E-state index contributed by atoms with van der Waals surface area (Å²) >= 11 is 3.23. The Morgan fingerprint density at radius 1 is 1.47 bits per heavy atom. The third kappa shape index (κ3) is 3.52. The van der Waals surface area contributed by atoms with E-state index in [0.717, 1.165) is 0 Å². The van der Waals surface area contributed by atoms with Crippen LogP contribution in [0.5, 0.6) is 0 Å². The van der Waals surface area contributed by atoms with E-state index >= 15 is 0 Å². The largest absolute Gasteiger partial charge is 0.347 e. The van der Waals surface area contributed by atoms with Crippen molar-refractivity contribution in [1.82, 2.24) is 15.2 Å². The average Bonchev–Trinajstić information content (AvgIpc) is 2.28. The van der Waals surface area contributed by atoms with Crippen molar-refractivity contribution >= 4 is 27.7 Å². The number of halogens is 1. The Hall–Kier alpha value is -1.43. The summed E-state index contributed by atoms with van der Waals surface area (Å²) in [5.74, 6) is -0.537. The van der Waals surface area contributed by atoms with Crippen molar-refractivity contribution in [2.24, 2.45) is 0 Å². The van der Waals surface area contributed by atoms with Crippen molar-refractivity contribution in [2.75, 3.05) is 14.1 Å². The van der Waals surface area contributed by atoms with Crippen molar-refractivity contribution < 1.29 is 9.59 Å². The molecule has 92 valence electrons. The number of nitrogens with zero attached hydrogens (tertiary/aromatic N) is 2. The number of pyridine rings is 1. The molecule has 0 aliphatic rings. The maximum absolute atomic E-state index is 11.8. The summed E-state index contributed by atoms with van der Waals surface area (Å²) in [6.45, 7) is 1.64. The Labute approximate surface area is 108 Å². The molecule has 0 saturated heterocycles. The van der Waals surface area contributed by atoms with Gasteiger partial charge in [-0.25, -0.2) is 4.98 Å². The minimum absolute atomic E-state index is 0.162. The van der Waals surface area contributed by atoms with E-state index in [2.05, 4.69) is 26.2 Å². The SMILES string of the molecule is CC(NC(=O)c1ncccc1Br)C(=O)N(C)C. The summed E-state index contributed by atoms with van der Waals surface area (Å²) in [7, 11) is 3.28. The first-order chi connectivity index (χ1) is 7.93. The first-order valence-electron chi connectivity index (χ1n) is 5.06. The quantitative estimate of drug-likeness (QED) is 0.907. The van der Waals surface area contributed by atoms with E-state index in [1.54, 1.807) is 33.2 Å². The van der Waals surface area contributed by atoms with Gasteiger partial charge in [0.15, 0.2) is 0 Å². The number of rotatable bonds is 3. The number of carbonyl (C=O) groups excluding carboxylic acids is 2. The Morgan fingerprint density at radius 2 is 2.12 bits per heavy atom. The molecule has 0 bridgehead atoms. The second-order valence-corrected chi connectivity index (χ2v) is 4.62. The molecule has 1 unspecified atom stereocenters. The number of likely N-dealkylation sites (N-methyl/N-ethyl adjacent to an activating group) is 1. The standard InChI is InChI=1S/C11H14BrN3O2/c1-7(11(17)15(2)3)14-10(16)9-8(12)5-4-6-13-9/h4-7H,1-3H3,(H,14,16). The Balaban J connectivity index is 2.74. The maximum Gasteiger partial charge on any atom is 0.271 e. The summed E-state index contributed by atoms with van der Waals surface area (Å²) < 4.78 is 0.599. The topological polar surface area (TPSA) is 62.3 Å². The highest BCUT2D eigenvalue weighted by Crippen LogP contribution is 2.12. The van der Waals surface area contributed by atoms with Crippen LogP contribution in [0.15, 0.2) is 22.8 Å². The van der Waals surface area contributed by atoms with Crippen molar-refractivity contribution in [3.8, 4) is 0 Å². The molecule has 1 N–H and O–H groups in total. The van der Waals surface area contributed by atoms with Gasteiger partial charge in [0.05, 0.1) is 0 Å². The van der Waals surface area contributed by atoms with Gasteiger partial charge in [-0.05, 0) is 35.0 Å². The Kier molecular flexibility index (Phi) is 4.62. The fourth-order valence-corrected chi connectivity index (χ4v) is 1.70. The number of hydrogen-bond acceptors (Lipinski definition) is 3. The molecule has 6 heteroatoms. The molecule has 0 fully saturated rings. The molecular weight excluding hydrogens is 286 g/mol. The molecule has 0 aromatic carbocycles. The smallest absolute Gasteiger partial charge is 0.271 e.